The van der Waals surface area contributed by atoms with Crippen LogP contribution in [0.15, 0.2) is 30.5 Å². The van der Waals surface area contributed by atoms with E-state index in [0.29, 0.717) is 12.0 Å². The summed E-state index contributed by atoms with van der Waals surface area (Å²) in [6.45, 7) is 4.65. The van der Waals surface area contributed by atoms with Crippen LogP contribution in [0.2, 0.25) is 0 Å². The Labute approximate surface area is 161 Å². The molecule has 4 rings (SSSR count). The molecule has 0 radical (unpaired) electrons. The highest BCUT2D eigenvalue weighted by Gasteiger charge is 2.16. The summed E-state index contributed by atoms with van der Waals surface area (Å²) in [4.78, 5) is 7.05. The SMILES string of the molecule is CC1CCN(c2ccc(Nc3cnnc(NC4CCCCC4)n3)cc2)CC1. The molecule has 6 nitrogen and oxygen atoms in total. The van der Waals surface area contributed by atoms with Gasteiger partial charge in [-0.25, -0.2) is 0 Å². The Kier molecular flexibility index (Phi) is 5.70. The second-order valence-corrected chi connectivity index (χ2v) is 7.99. The van der Waals surface area contributed by atoms with Gasteiger partial charge in [0.05, 0.1) is 6.20 Å². The summed E-state index contributed by atoms with van der Waals surface area (Å²) in [5.41, 5.74) is 2.32. The van der Waals surface area contributed by atoms with Crippen LogP contribution in [0.3, 0.4) is 0 Å². The average molecular weight is 367 g/mol. The van der Waals surface area contributed by atoms with Crippen molar-refractivity contribution in [3.8, 4) is 0 Å². The lowest BCUT2D eigenvalue weighted by molar-refractivity contribution is 0.438. The van der Waals surface area contributed by atoms with Crippen molar-refractivity contribution in [2.45, 2.75) is 57.9 Å². The van der Waals surface area contributed by atoms with E-state index in [9.17, 15) is 0 Å². The minimum absolute atomic E-state index is 0.474. The van der Waals surface area contributed by atoms with Gasteiger partial charge in [-0.1, -0.05) is 26.2 Å². The third-order valence-corrected chi connectivity index (χ3v) is 5.79. The highest BCUT2D eigenvalue weighted by atomic mass is 15.3. The third kappa shape index (κ3) is 4.87. The molecule has 144 valence electrons. The molecule has 0 amide bonds. The monoisotopic (exact) mass is 366 g/mol. The average Bonchev–Trinajstić information content (AvgIpc) is 2.70. The Morgan fingerprint density at radius 2 is 1.70 bits per heavy atom. The standard InChI is InChI=1S/C21H30N6/c1-16-11-13-27(14-12-16)19-9-7-18(8-10-19)23-20-15-22-26-21(25-20)24-17-5-3-2-4-6-17/h7-10,15-17H,2-6,11-14H2,1H3,(H2,23,24,25,26). The van der Waals surface area contributed by atoms with Crippen LogP contribution in [0, 0.1) is 5.92 Å². The zero-order valence-corrected chi connectivity index (χ0v) is 16.2. The number of rotatable bonds is 5. The number of piperidine rings is 1. The third-order valence-electron chi connectivity index (χ3n) is 5.79. The van der Waals surface area contributed by atoms with Gasteiger partial charge in [0, 0.05) is 30.5 Å². The molecule has 1 aromatic carbocycles. The summed E-state index contributed by atoms with van der Waals surface area (Å²) in [5.74, 6) is 2.19. The van der Waals surface area contributed by atoms with Gasteiger partial charge in [0.2, 0.25) is 5.95 Å². The van der Waals surface area contributed by atoms with Gasteiger partial charge in [-0.15, -0.1) is 5.10 Å². The molecule has 1 aliphatic carbocycles. The van der Waals surface area contributed by atoms with Crippen molar-refractivity contribution < 1.29 is 0 Å². The number of benzene rings is 1. The summed E-state index contributed by atoms with van der Waals surface area (Å²) in [6, 6.07) is 9.08. The number of hydrogen-bond donors (Lipinski definition) is 2. The minimum Gasteiger partial charge on any atom is -0.372 e. The minimum atomic E-state index is 0.474. The molecule has 27 heavy (non-hydrogen) atoms. The largest absolute Gasteiger partial charge is 0.372 e. The van der Waals surface area contributed by atoms with Gasteiger partial charge in [0.1, 0.15) is 0 Å². The quantitative estimate of drug-likeness (QED) is 0.806. The fourth-order valence-electron chi connectivity index (χ4n) is 4.02. The number of nitrogens with zero attached hydrogens (tertiary/aromatic N) is 4. The Balaban J connectivity index is 1.36. The second-order valence-electron chi connectivity index (χ2n) is 7.99. The van der Waals surface area contributed by atoms with E-state index in [-0.39, 0.29) is 0 Å². The zero-order chi connectivity index (χ0) is 18.5. The van der Waals surface area contributed by atoms with Crippen molar-refractivity contribution in [2.75, 3.05) is 28.6 Å². The van der Waals surface area contributed by atoms with E-state index in [2.05, 4.69) is 61.9 Å². The van der Waals surface area contributed by atoms with Crippen molar-refractivity contribution in [1.29, 1.82) is 0 Å². The normalized spacial score (nSPS) is 19.1. The maximum Gasteiger partial charge on any atom is 0.244 e. The molecular weight excluding hydrogens is 336 g/mol. The summed E-state index contributed by atoms with van der Waals surface area (Å²) >= 11 is 0. The van der Waals surface area contributed by atoms with Crippen molar-refractivity contribution in [2.24, 2.45) is 5.92 Å². The Hall–Kier alpha value is -2.37. The molecular formula is C21H30N6. The smallest absolute Gasteiger partial charge is 0.244 e. The van der Waals surface area contributed by atoms with E-state index >= 15 is 0 Å². The highest BCUT2D eigenvalue weighted by Crippen LogP contribution is 2.25. The maximum atomic E-state index is 4.58. The number of nitrogens with one attached hydrogen (secondary N) is 2. The fraction of sp³-hybridized carbons (Fsp3) is 0.571. The van der Waals surface area contributed by atoms with E-state index in [1.165, 1.54) is 50.6 Å². The van der Waals surface area contributed by atoms with E-state index in [4.69, 9.17) is 0 Å². The lowest BCUT2D eigenvalue weighted by Crippen LogP contribution is -2.32. The van der Waals surface area contributed by atoms with Crippen LogP contribution < -0.4 is 15.5 Å². The maximum absolute atomic E-state index is 4.58. The van der Waals surface area contributed by atoms with Gasteiger partial charge in [-0.2, -0.15) is 10.1 Å². The molecule has 0 atom stereocenters. The van der Waals surface area contributed by atoms with Gasteiger partial charge >= 0.3 is 0 Å². The molecule has 1 saturated carbocycles. The molecule has 0 unspecified atom stereocenters. The first kappa shape index (κ1) is 18.0. The molecule has 2 aliphatic rings. The molecule has 1 aromatic heterocycles. The Morgan fingerprint density at radius 1 is 0.963 bits per heavy atom. The fourth-order valence-corrected chi connectivity index (χ4v) is 4.02. The summed E-state index contributed by atoms with van der Waals surface area (Å²) in [6.07, 6.45) is 10.5. The van der Waals surface area contributed by atoms with Crippen LogP contribution in [-0.4, -0.2) is 34.3 Å². The molecule has 2 aromatic rings. The van der Waals surface area contributed by atoms with Crippen LogP contribution in [0.1, 0.15) is 51.9 Å². The summed E-state index contributed by atoms with van der Waals surface area (Å²) < 4.78 is 0. The predicted molar refractivity (Wildman–Crippen MR) is 111 cm³/mol. The second kappa shape index (κ2) is 8.55. The zero-order valence-electron chi connectivity index (χ0n) is 16.2. The molecule has 6 heteroatoms. The lowest BCUT2D eigenvalue weighted by Gasteiger charge is -2.32. The predicted octanol–water partition coefficient (Wildman–Crippen LogP) is 4.60. The summed E-state index contributed by atoms with van der Waals surface area (Å²) in [7, 11) is 0. The molecule has 2 heterocycles. The van der Waals surface area contributed by atoms with Gasteiger partial charge in [-0.05, 0) is 55.9 Å². The van der Waals surface area contributed by atoms with E-state index in [1.807, 2.05) is 0 Å². The van der Waals surface area contributed by atoms with Crippen molar-refractivity contribution in [3.05, 3.63) is 30.5 Å². The van der Waals surface area contributed by atoms with Crippen molar-refractivity contribution in [1.82, 2.24) is 15.2 Å². The van der Waals surface area contributed by atoms with Crippen LogP contribution in [0.4, 0.5) is 23.1 Å². The topological polar surface area (TPSA) is 66.0 Å². The highest BCUT2D eigenvalue weighted by molar-refractivity contribution is 5.61. The number of anilines is 4. The first-order chi connectivity index (χ1) is 13.3. The Bertz CT molecular complexity index is 718. The van der Waals surface area contributed by atoms with Crippen LogP contribution >= 0.6 is 0 Å². The summed E-state index contributed by atoms with van der Waals surface area (Å²) in [5, 5.41) is 15.0. The molecule has 0 spiro atoms. The molecule has 2 N–H and O–H groups in total. The molecule has 1 saturated heterocycles. The first-order valence-electron chi connectivity index (χ1n) is 10.3. The van der Waals surface area contributed by atoms with Crippen molar-refractivity contribution >= 4 is 23.1 Å². The first-order valence-corrected chi connectivity index (χ1v) is 10.3. The van der Waals surface area contributed by atoms with E-state index in [1.54, 1.807) is 6.20 Å². The van der Waals surface area contributed by atoms with Crippen LogP contribution in [0.5, 0.6) is 0 Å². The van der Waals surface area contributed by atoms with Gasteiger partial charge in [-0.3, -0.25) is 0 Å². The number of hydrogen-bond acceptors (Lipinski definition) is 6. The Morgan fingerprint density at radius 3 is 2.44 bits per heavy atom. The number of aromatic nitrogens is 3. The van der Waals surface area contributed by atoms with Crippen LogP contribution in [-0.2, 0) is 0 Å². The molecule has 1 aliphatic heterocycles. The van der Waals surface area contributed by atoms with E-state index in [0.717, 1.165) is 30.5 Å². The lowest BCUT2D eigenvalue weighted by atomic mass is 9.96. The van der Waals surface area contributed by atoms with Gasteiger partial charge < -0.3 is 15.5 Å². The van der Waals surface area contributed by atoms with Gasteiger partial charge in [0.15, 0.2) is 5.82 Å². The van der Waals surface area contributed by atoms with E-state index < -0.39 is 0 Å². The van der Waals surface area contributed by atoms with Gasteiger partial charge in [0.25, 0.3) is 0 Å². The van der Waals surface area contributed by atoms with Crippen LogP contribution in [0.25, 0.3) is 0 Å². The molecule has 2 fully saturated rings. The molecule has 0 bridgehead atoms. The van der Waals surface area contributed by atoms with Crippen molar-refractivity contribution in [3.63, 3.8) is 0 Å².